The van der Waals surface area contributed by atoms with Crippen LogP contribution in [0.15, 0.2) is 48.8 Å². The predicted molar refractivity (Wildman–Crippen MR) is 129 cm³/mol. The summed E-state index contributed by atoms with van der Waals surface area (Å²) in [6.45, 7) is 6.17. The van der Waals surface area contributed by atoms with Gasteiger partial charge >= 0.3 is 0 Å². The van der Waals surface area contributed by atoms with Crippen LogP contribution < -0.4 is 11.1 Å². The number of aryl methyl sites for hydroxylation is 1. The summed E-state index contributed by atoms with van der Waals surface area (Å²) in [6, 6.07) is 11.9. The molecule has 0 bridgehead atoms. The first-order valence-electron chi connectivity index (χ1n) is 11.8. The Labute approximate surface area is 199 Å². The summed E-state index contributed by atoms with van der Waals surface area (Å²) >= 11 is 0. The topological polar surface area (TPSA) is 106 Å². The quantitative estimate of drug-likeness (QED) is 0.591. The molecule has 34 heavy (non-hydrogen) atoms. The van der Waals surface area contributed by atoms with Gasteiger partial charge in [-0.25, -0.2) is 4.98 Å². The SMILES string of the molecule is C[C@@H]1C(=O)N(Cc2ccc(Cn3cc(C(=O)N[C@@H]4CCc5nc(N)ccc54)cn3)cc2)C[C@@H]1C. The minimum absolute atomic E-state index is 0.0556. The summed E-state index contributed by atoms with van der Waals surface area (Å²) in [5.41, 5.74) is 10.5. The fourth-order valence-corrected chi connectivity index (χ4v) is 4.87. The maximum absolute atomic E-state index is 12.8. The zero-order valence-corrected chi connectivity index (χ0v) is 19.6. The fourth-order valence-electron chi connectivity index (χ4n) is 4.87. The summed E-state index contributed by atoms with van der Waals surface area (Å²) in [7, 11) is 0. The van der Waals surface area contributed by atoms with Crippen LogP contribution in [0.3, 0.4) is 0 Å². The summed E-state index contributed by atoms with van der Waals surface area (Å²) in [4.78, 5) is 31.4. The van der Waals surface area contributed by atoms with Gasteiger partial charge in [-0.15, -0.1) is 0 Å². The molecule has 1 aliphatic carbocycles. The number of carbonyl (C=O) groups is 2. The van der Waals surface area contributed by atoms with Crippen molar-refractivity contribution in [2.45, 2.75) is 45.8 Å². The van der Waals surface area contributed by atoms with Gasteiger partial charge in [0.2, 0.25) is 5.91 Å². The Morgan fingerprint density at radius 1 is 1.12 bits per heavy atom. The number of rotatable bonds is 6. The van der Waals surface area contributed by atoms with Crippen molar-refractivity contribution in [2.75, 3.05) is 12.3 Å². The molecule has 1 fully saturated rings. The molecular weight excluding hydrogens is 428 g/mol. The fraction of sp³-hybridized carbons (Fsp3) is 0.385. The van der Waals surface area contributed by atoms with Crippen LogP contribution in [0, 0.1) is 11.8 Å². The minimum atomic E-state index is -0.144. The number of anilines is 1. The maximum atomic E-state index is 12.8. The summed E-state index contributed by atoms with van der Waals surface area (Å²) < 4.78 is 1.77. The van der Waals surface area contributed by atoms with E-state index < -0.39 is 0 Å². The molecule has 3 heterocycles. The summed E-state index contributed by atoms with van der Waals surface area (Å²) in [6.07, 6.45) is 5.00. The van der Waals surface area contributed by atoms with Crippen LogP contribution in [-0.4, -0.2) is 38.0 Å². The van der Waals surface area contributed by atoms with E-state index in [4.69, 9.17) is 5.73 Å². The highest BCUT2D eigenvalue weighted by Gasteiger charge is 2.34. The lowest BCUT2D eigenvalue weighted by atomic mass is 10.0. The number of amides is 2. The number of benzene rings is 1. The number of aromatic nitrogens is 3. The summed E-state index contributed by atoms with van der Waals surface area (Å²) in [5, 5.41) is 7.46. The van der Waals surface area contributed by atoms with E-state index in [1.807, 2.05) is 17.9 Å². The van der Waals surface area contributed by atoms with Gasteiger partial charge < -0.3 is 16.0 Å². The van der Waals surface area contributed by atoms with Crippen LogP contribution in [0.4, 0.5) is 5.82 Å². The Kier molecular flexibility index (Phi) is 5.81. The van der Waals surface area contributed by atoms with E-state index in [0.29, 0.717) is 30.4 Å². The first-order valence-corrected chi connectivity index (χ1v) is 11.8. The molecule has 1 aromatic carbocycles. The molecule has 8 heteroatoms. The number of nitrogen functional groups attached to an aromatic ring is 1. The lowest BCUT2D eigenvalue weighted by Gasteiger charge is -2.16. The average Bonchev–Trinajstić information content (AvgIpc) is 3.51. The van der Waals surface area contributed by atoms with Crippen LogP contribution in [0.2, 0.25) is 0 Å². The molecule has 3 atom stereocenters. The zero-order valence-electron chi connectivity index (χ0n) is 19.6. The number of hydrogen-bond donors (Lipinski definition) is 2. The van der Waals surface area contributed by atoms with Crippen molar-refractivity contribution in [3.63, 3.8) is 0 Å². The van der Waals surface area contributed by atoms with Crippen molar-refractivity contribution in [1.82, 2.24) is 25.0 Å². The minimum Gasteiger partial charge on any atom is -0.384 e. The van der Waals surface area contributed by atoms with E-state index in [1.165, 1.54) is 0 Å². The standard InChI is InChI=1S/C26H30N6O2/c1-16-12-31(26(34)17(16)2)13-18-3-5-19(6-4-18)14-32-15-20(11-28-32)25(33)30-23-9-8-22-21(23)7-10-24(27)29-22/h3-7,10-11,15-17,23H,8-9,12-14H2,1-2H3,(H2,27,29)(H,30,33)/t16-,17-,23+/m0/s1. The number of nitrogens with one attached hydrogen (secondary N) is 1. The highest BCUT2D eigenvalue weighted by Crippen LogP contribution is 2.30. The number of pyridine rings is 1. The Morgan fingerprint density at radius 2 is 1.85 bits per heavy atom. The van der Waals surface area contributed by atoms with Crippen molar-refractivity contribution in [3.8, 4) is 0 Å². The Bertz CT molecular complexity index is 1220. The Balaban J connectivity index is 1.18. The van der Waals surface area contributed by atoms with Crippen molar-refractivity contribution in [2.24, 2.45) is 11.8 Å². The molecule has 1 saturated heterocycles. The van der Waals surface area contributed by atoms with Gasteiger partial charge in [-0.3, -0.25) is 14.3 Å². The van der Waals surface area contributed by atoms with Gasteiger partial charge in [0.15, 0.2) is 0 Å². The second-order valence-electron chi connectivity index (χ2n) is 9.56. The van der Waals surface area contributed by atoms with Gasteiger partial charge in [0, 0.05) is 30.9 Å². The van der Waals surface area contributed by atoms with Crippen molar-refractivity contribution in [3.05, 3.63) is 76.7 Å². The smallest absolute Gasteiger partial charge is 0.254 e. The third-order valence-electron chi connectivity index (χ3n) is 7.08. The van der Waals surface area contributed by atoms with Crippen molar-refractivity contribution >= 4 is 17.6 Å². The van der Waals surface area contributed by atoms with E-state index in [0.717, 1.165) is 41.8 Å². The van der Waals surface area contributed by atoms with Gasteiger partial charge in [-0.05, 0) is 41.5 Å². The number of nitrogens with zero attached hydrogens (tertiary/aromatic N) is 4. The molecular formula is C26H30N6O2. The van der Waals surface area contributed by atoms with Gasteiger partial charge in [0.1, 0.15) is 5.82 Å². The molecule has 0 saturated carbocycles. The number of nitrogens with two attached hydrogens (primary N) is 1. The Morgan fingerprint density at radius 3 is 2.56 bits per heavy atom. The van der Waals surface area contributed by atoms with Crippen molar-refractivity contribution < 1.29 is 9.59 Å². The van der Waals surface area contributed by atoms with E-state index in [9.17, 15) is 9.59 Å². The van der Waals surface area contributed by atoms with Crippen LogP contribution in [0.1, 0.15) is 59.1 Å². The van der Waals surface area contributed by atoms with E-state index in [1.54, 1.807) is 23.1 Å². The Hall–Kier alpha value is -3.68. The number of likely N-dealkylation sites (tertiary alicyclic amines) is 1. The third kappa shape index (κ3) is 4.40. The number of hydrogen-bond acceptors (Lipinski definition) is 5. The zero-order chi connectivity index (χ0) is 23.8. The lowest BCUT2D eigenvalue weighted by Crippen LogP contribution is -2.26. The monoisotopic (exact) mass is 458 g/mol. The largest absolute Gasteiger partial charge is 0.384 e. The van der Waals surface area contributed by atoms with E-state index in [2.05, 4.69) is 46.6 Å². The highest BCUT2D eigenvalue weighted by atomic mass is 16.2. The van der Waals surface area contributed by atoms with Gasteiger partial charge in [-0.1, -0.05) is 44.2 Å². The lowest BCUT2D eigenvalue weighted by molar-refractivity contribution is -0.131. The third-order valence-corrected chi connectivity index (χ3v) is 7.08. The van der Waals surface area contributed by atoms with Gasteiger partial charge in [0.25, 0.3) is 5.91 Å². The van der Waals surface area contributed by atoms with Crippen LogP contribution >= 0.6 is 0 Å². The summed E-state index contributed by atoms with van der Waals surface area (Å²) in [5.74, 6) is 1.10. The number of carbonyl (C=O) groups excluding carboxylic acids is 2. The molecule has 1 aliphatic heterocycles. The van der Waals surface area contributed by atoms with Crippen LogP contribution in [-0.2, 0) is 24.3 Å². The molecule has 3 aromatic rings. The first kappa shape index (κ1) is 22.1. The molecule has 2 amide bonds. The molecule has 2 aromatic heterocycles. The van der Waals surface area contributed by atoms with Crippen LogP contribution in [0.5, 0.6) is 0 Å². The molecule has 0 spiro atoms. The normalized spacial score (nSPS) is 21.6. The molecule has 0 unspecified atom stereocenters. The van der Waals surface area contributed by atoms with Crippen LogP contribution in [0.25, 0.3) is 0 Å². The van der Waals surface area contributed by atoms with Crippen molar-refractivity contribution in [1.29, 1.82) is 0 Å². The van der Waals surface area contributed by atoms with E-state index >= 15 is 0 Å². The maximum Gasteiger partial charge on any atom is 0.254 e. The highest BCUT2D eigenvalue weighted by molar-refractivity contribution is 5.94. The van der Waals surface area contributed by atoms with Gasteiger partial charge in [0.05, 0.1) is 24.3 Å². The number of fused-ring (bicyclic) bond motifs is 1. The molecule has 0 radical (unpaired) electrons. The molecule has 3 N–H and O–H groups in total. The second kappa shape index (κ2) is 8.93. The predicted octanol–water partition coefficient (Wildman–Crippen LogP) is 2.94. The molecule has 176 valence electrons. The molecule has 5 rings (SSSR count). The first-order chi connectivity index (χ1) is 16.4. The van der Waals surface area contributed by atoms with E-state index in [-0.39, 0.29) is 23.8 Å². The second-order valence-corrected chi connectivity index (χ2v) is 9.56. The average molecular weight is 459 g/mol. The van der Waals surface area contributed by atoms with Gasteiger partial charge in [-0.2, -0.15) is 5.10 Å². The molecule has 2 aliphatic rings. The molecule has 8 nitrogen and oxygen atoms in total.